The van der Waals surface area contributed by atoms with Crippen molar-refractivity contribution in [3.63, 3.8) is 0 Å². The molecule has 0 aromatic heterocycles. The Kier molecular flexibility index (Phi) is 61.8. The summed E-state index contributed by atoms with van der Waals surface area (Å²) in [6.45, 7) is 6.50. The van der Waals surface area contributed by atoms with E-state index in [-0.39, 0.29) is 31.1 Å². The molecule has 6 heteroatoms. The standard InChI is InChI=1S/C72H120O6/c1-4-7-10-13-16-19-22-25-27-29-30-31-32-33-34-35-36-37-38-39-40-41-42-43-45-47-50-53-56-59-62-65-71(74)77-68-69(67-76-70(73)64-61-58-55-52-49-46-24-21-18-15-12-9-6-3)78-72(75)66-63-60-57-54-51-48-44-28-26-23-20-17-14-11-8-5-2/h7,10,16,19,25,27-28,30-31,33-34,36-37,39-40,42-44,47,50,69H,4-6,8-9,11-15,17-18,20-24,26,29,32,35,38,41,45-46,48-49,51-68H2,1-3H3/b10-7-,19-16-,27-25-,31-30-,34-33-,37-36-,40-39-,43-42-,44-28-,50-47-. The molecule has 0 aromatic rings. The van der Waals surface area contributed by atoms with Crippen molar-refractivity contribution in [1.29, 1.82) is 0 Å². The van der Waals surface area contributed by atoms with Gasteiger partial charge in [-0.2, -0.15) is 0 Å². The highest BCUT2D eigenvalue weighted by atomic mass is 16.6. The van der Waals surface area contributed by atoms with Crippen LogP contribution in [0.2, 0.25) is 0 Å². The second-order valence-corrected chi connectivity index (χ2v) is 21.3. The molecule has 0 N–H and O–H groups in total. The normalized spacial score (nSPS) is 12.9. The molecule has 0 aliphatic heterocycles. The fourth-order valence-corrected chi connectivity index (χ4v) is 8.84. The van der Waals surface area contributed by atoms with Crippen LogP contribution in [0.3, 0.4) is 0 Å². The predicted molar refractivity (Wildman–Crippen MR) is 339 cm³/mol. The summed E-state index contributed by atoms with van der Waals surface area (Å²) in [5.41, 5.74) is 0. The van der Waals surface area contributed by atoms with Gasteiger partial charge in [-0.3, -0.25) is 14.4 Å². The van der Waals surface area contributed by atoms with Crippen molar-refractivity contribution in [2.24, 2.45) is 0 Å². The van der Waals surface area contributed by atoms with Crippen LogP contribution in [0.15, 0.2) is 122 Å². The summed E-state index contributed by atoms with van der Waals surface area (Å²) in [5.74, 6) is -0.928. The highest BCUT2D eigenvalue weighted by molar-refractivity contribution is 5.71. The second-order valence-electron chi connectivity index (χ2n) is 21.3. The number of carbonyl (C=O) groups is 3. The highest BCUT2D eigenvalue weighted by Crippen LogP contribution is 2.15. The predicted octanol–water partition coefficient (Wildman–Crippen LogP) is 22.4. The number of carbonyl (C=O) groups excluding carboxylic acids is 3. The van der Waals surface area contributed by atoms with E-state index in [0.29, 0.717) is 19.3 Å². The van der Waals surface area contributed by atoms with Crippen molar-refractivity contribution in [1.82, 2.24) is 0 Å². The SMILES string of the molecule is CC/C=C\C/C=C\C/C=C\C/C=C\C/C=C\C/C=C\C/C=C\C/C=C\C/C=C\CCCCCC(=O)OCC(COC(=O)CCCCCCCCCCCCCCC)OC(=O)CCCCCCC/C=C\CCCCCCCCC. The van der Waals surface area contributed by atoms with Gasteiger partial charge in [-0.15, -0.1) is 0 Å². The molecule has 0 fully saturated rings. The molecule has 0 rings (SSSR count). The summed E-state index contributed by atoms with van der Waals surface area (Å²) in [6.07, 6.45) is 90.6. The van der Waals surface area contributed by atoms with Gasteiger partial charge < -0.3 is 14.2 Å². The molecule has 0 spiro atoms. The Morgan fingerprint density at radius 3 is 0.808 bits per heavy atom. The van der Waals surface area contributed by atoms with Crippen LogP contribution in [-0.4, -0.2) is 37.2 Å². The van der Waals surface area contributed by atoms with Crippen LogP contribution in [0, 0.1) is 0 Å². The van der Waals surface area contributed by atoms with Crippen molar-refractivity contribution in [3.8, 4) is 0 Å². The largest absolute Gasteiger partial charge is 0.462 e. The zero-order valence-electron chi connectivity index (χ0n) is 50.9. The smallest absolute Gasteiger partial charge is 0.306 e. The van der Waals surface area contributed by atoms with Gasteiger partial charge in [-0.1, -0.05) is 284 Å². The van der Waals surface area contributed by atoms with Gasteiger partial charge in [0.1, 0.15) is 13.2 Å². The molecule has 0 aliphatic carbocycles. The highest BCUT2D eigenvalue weighted by Gasteiger charge is 2.19. The number of hydrogen-bond acceptors (Lipinski definition) is 6. The van der Waals surface area contributed by atoms with Gasteiger partial charge in [-0.25, -0.2) is 0 Å². The minimum Gasteiger partial charge on any atom is -0.462 e. The lowest BCUT2D eigenvalue weighted by Crippen LogP contribution is -2.30. The minimum atomic E-state index is -0.798. The Labute approximate surface area is 482 Å². The lowest BCUT2D eigenvalue weighted by Gasteiger charge is -2.18. The second kappa shape index (κ2) is 65.3. The van der Waals surface area contributed by atoms with E-state index in [2.05, 4.69) is 142 Å². The van der Waals surface area contributed by atoms with Crippen LogP contribution in [0.4, 0.5) is 0 Å². The van der Waals surface area contributed by atoms with Crippen LogP contribution < -0.4 is 0 Å². The maximum atomic E-state index is 12.9. The molecule has 78 heavy (non-hydrogen) atoms. The summed E-state index contributed by atoms with van der Waals surface area (Å²) >= 11 is 0. The van der Waals surface area contributed by atoms with Crippen LogP contribution in [0.5, 0.6) is 0 Å². The van der Waals surface area contributed by atoms with E-state index in [0.717, 1.165) is 135 Å². The zero-order chi connectivity index (χ0) is 56.4. The Morgan fingerprint density at radius 1 is 0.269 bits per heavy atom. The first-order valence-electron chi connectivity index (χ1n) is 32.5. The Hall–Kier alpha value is -4.19. The quantitative estimate of drug-likeness (QED) is 0.0261. The van der Waals surface area contributed by atoms with E-state index < -0.39 is 6.10 Å². The maximum absolute atomic E-state index is 12.9. The van der Waals surface area contributed by atoms with Crippen molar-refractivity contribution < 1.29 is 28.6 Å². The monoisotopic (exact) mass is 1080 g/mol. The first-order valence-corrected chi connectivity index (χ1v) is 32.5. The third-order valence-corrected chi connectivity index (χ3v) is 13.7. The van der Waals surface area contributed by atoms with E-state index in [1.165, 1.54) is 122 Å². The molecule has 0 bridgehead atoms. The van der Waals surface area contributed by atoms with Gasteiger partial charge in [0.2, 0.25) is 0 Å². The number of esters is 3. The maximum Gasteiger partial charge on any atom is 0.306 e. The lowest BCUT2D eigenvalue weighted by molar-refractivity contribution is -0.167. The summed E-state index contributed by atoms with van der Waals surface area (Å²) in [6, 6.07) is 0. The lowest BCUT2D eigenvalue weighted by atomic mass is 10.0. The average Bonchev–Trinajstić information content (AvgIpc) is 3.44. The molecule has 0 radical (unpaired) electrons. The summed E-state index contributed by atoms with van der Waals surface area (Å²) in [4.78, 5) is 38.3. The molecule has 0 aliphatic rings. The summed E-state index contributed by atoms with van der Waals surface area (Å²) in [7, 11) is 0. The molecule has 6 nitrogen and oxygen atoms in total. The molecule has 444 valence electrons. The summed E-state index contributed by atoms with van der Waals surface area (Å²) in [5, 5.41) is 0. The molecule has 0 heterocycles. The molecule has 0 saturated heterocycles. The van der Waals surface area contributed by atoms with Crippen LogP contribution >= 0.6 is 0 Å². The Morgan fingerprint density at radius 2 is 0.500 bits per heavy atom. The molecule has 1 atom stereocenters. The zero-order valence-corrected chi connectivity index (χ0v) is 50.9. The molecular weight excluding hydrogens is 961 g/mol. The number of ether oxygens (including phenoxy) is 3. The summed E-state index contributed by atoms with van der Waals surface area (Å²) < 4.78 is 16.9. The number of hydrogen-bond donors (Lipinski definition) is 0. The van der Waals surface area contributed by atoms with Crippen molar-refractivity contribution in [3.05, 3.63) is 122 Å². The molecule has 0 amide bonds. The molecular formula is C72H120O6. The topological polar surface area (TPSA) is 78.9 Å². The molecule has 0 saturated carbocycles. The number of unbranched alkanes of at least 4 members (excludes halogenated alkanes) is 27. The first kappa shape index (κ1) is 73.8. The average molecular weight is 1080 g/mol. The third kappa shape index (κ3) is 62.7. The van der Waals surface area contributed by atoms with Gasteiger partial charge in [-0.05, 0) is 116 Å². The fraction of sp³-hybridized carbons (Fsp3) is 0.681. The van der Waals surface area contributed by atoms with Crippen LogP contribution in [0.1, 0.15) is 297 Å². The van der Waals surface area contributed by atoms with Crippen LogP contribution in [0.25, 0.3) is 0 Å². The third-order valence-electron chi connectivity index (χ3n) is 13.7. The van der Waals surface area contributed by atoms with Gasteiger partial charge in [0.15, 0.2) is 6.10 Å². The number of rotatable bonds is 58. The fourth-order valence-electron chi connectivity index (χ4n) is 8.84. The van der Waals surface area contributed by atoms with Gasteiger partial charge in [0, 0.05) is 19.3 Å². The van der Waals surface area contributed by atoms with Gasteiger partial charge in [0.05, 0.1) is 0 Å². The molecule has 1 unspecified atom stereocenters. The van der Waals surface area contributed by atoms with Crippen molar-refractivity contribution in [2.45, 2.75) is 303 Å². The van der Waals surface area contributed by atoms with Gasteiger partial charge >= 0.3 is 17.9 Å². The van der Waals surface area contributed by atoms with E-state index >= 15 is 0 Å². The molecule has 0 aromatic carbocycles. The van der Waals surface area contributed by atoms with Gasteiger partial charge in [0.25, 0.3) is 0 Å². The van der Waals surface area contributed by atoms with Crippen molar-refractivity contribution >= 4 is 17.9 Å². The van der Waals surface area contributed by atoms with E-state index in [9.17, 15) is 14.4 Å². The van der Waals surface area contributed by atoms with E-state index in [4.69, 9.17) is 14.2 Å². The van der Waals surface area contributed by atoms with Crippen molar-refractivity contribution in [2.75, 3.05) is 13.2 Å². The first-order chi connectivity index (χ1) is 38.5. The van der Waals surface area contributed by atoms with E-state index in [1.54, 1.807) is 0 Å². The minimum absolute atomic E-state index is 0.0912. The Bertz CT molecular complexity index is 1620. The number of allylic oxidation sites excluding steroid dienone is 20. The Balaban J connectivity index is 4.37. The van der Waals surface area contributed by atoms with E-state index in [1.807, 2.05) is 0 Å². The van der Waals surface area contributed by atoms with Crippen LogP contribution in [-0.2, 0) is 28.6 Å².